The van der Waals surface area contributed by atoms with E-state index in [9.17, 15) is 13.6 Å². The second-order valence-corrected chi connectivity index (χ2v) is 3.35. The molecule has 2 nitrogen and oxygen atoms in total. The van der Waals surface area contributed by atoms with Gasteiger partial charge in [-0.15, -0.1) is 0 Å². The summed E-state index contributed by atoms with van der Waals surface area (Å²) in [5.41, 5.74) is 0.204. The van der Waals surface area contributed by atoms with Crippen LogP contribution in [0.3, 0.4) is 0 Å². The smallest absolute Gasteiger partial charge is 0.343 e. The molecule has 0 spiro atoms. The van der Waals surface area contributed by atoms with Crippen molar-refractivity contribution in [2.45, 2.75) is 0 Å². The van der Waals surface area contributed by atoms with Gasteiger partial charge in [0.25, 0.3) is 0 Å². The highest BCUT2D eigenvalue weighted by Crippen LogP contribution is 2.14. The molecule has 0 bridgehead atoms. The molecule has 0 N–H and O–H groups in total. The van der Waals surface area contributed by atoms with Gasteiger partial charge in [-0.05, 0) is 36.4 Å². The van der Waals surface area contributed by atoms with E-state index in [1.807, 2.05) is 0 Å². The maximum atomic E-state index is 12.8. The van der Waals surface area contributed by atoms with Crippen LogP contribution in [0.2, 0.25) is 0 Å². The number of benzene rings is 2. The van der Waals surface area contributed by atoms with Crippen LogP contribution < -0.4 is 4.74 Å². The van der Waals surface area contributed by atoms with Crippen LogP contribution >= 0.6 is 0 Å². The normalized spacial score (nSPS) is 10.0. The average Bonchev–Trinajstić information content (AvgIpc) is 2.29. The number of carbonyl (C=O) groups excluding carboxylic acids is 1. The number of hydrogen-bond acceptors (Lipinski definition) is 2. The SMILES string of the molecule is O=C(Oc1cccc(F)c1)c1ccc(F)cc1. The Balaban J connectivity index is 2.14. The lowest BCUT2D eigenvalue weighted by Gasteiger charge is -2.03. The van der Waals surface area contributed by atoms with Crippen molar-refractivity contribution in [1.82, 2.24) is 0 Å². The molecule has 0 saturated heterocycles. The van der Waals surface area contributed by atoms with E-state index in [0.717, 1.165) is 18.2 Å². The van der Waals surface area contributed by atoms with Crippen LogP contribution in [-0.4, -0.2) is 5.97 Å². The van der Waals surface area contributed by atoms with Crippen LogP contribution in [0.1, 0.15) is 10.4 Å². The first kappa shape index (κ1) is 11.3. The number of halogens is 2. The molecule has 0 aliphatic rings. The summed E-state index contributed by atoms with van der Waals surface area (Å²) in [6.45, 7) is 0. The Labute approximate surface area is 96.5 Å². The molecule has 4 heteroatoms. The van der Waals surface area contributed by atoms with Gasteiger partial charge in [0.1, 0.15) is 17.4 Å². The molecule has 86 valence electrons. The summed E-state index contributed by atoms with van der Waals surface area (Å²) in [7, 11) is 0. The zero-order chi connectivity index (χ0) is 12.3. The van der Waals surface area contributed by atoms with E-state index in [0.29, 0.717) is 0 Å². The van der Waals surface area contributed by atoms with Crippen molar-refractivity contribution in [2.75, 3.05) is 0 Å². The number of esters is 1. The van der Waals surface area contributed by atoms with Crippen LogP contribution in [0.5, 0.6) is 5.75 Å². The number of rotatable bonds is 2. The molecule has 2 rings (SSSR count). The minimum absolute atomic E-state index is 0.110. The third-order valence-electron chi connectivity index (χ3n) is 2.09. The van der Waals surface area contributed by atoms with Gasteiger partial charge >= 0.3 is 5.97 Å². The summed E-state index contributed by atoms with van der Waals surface area (Å²) in [5.74, 6) is -1.48. The summed E-state index contributed by atoms with van der Waals surface area (Å²) >= 11 is 0. The number of carbonyl (C=O) groups is 1. The van der Waals surface area contributed by atoms with E-state index < -0.39 is 17.6 Å². The quantitative estimate of drug-likeness (QED) is 0.589. The van der Waals surface area contributed by atoms with Gasteiger partial charge in [-0.3, -0.25) is 0 Å². The highest BCUT2D eigenvalue weighted by molar-refractivity contribution is 5.90. The number of hydrogen-bond donors (Lipinski definition) is 0. The number of ether oxygens (including phenoxy) is 1. The van der Waals surface area contributed by atoms with E-state index in [-0.39, 0.29) is 11.3 Å². The maximum absolute atomic E-state index is 12.8. The molecule has 0 aliphatic heterocycles. The predicted octanol–water partition coefficient (Wildman–Crippen LogP) is 3.18. The van der Waals surface area contributed by atoms with Crippen molar-refractivity contribution >= 4 is 5.97 Å². The Morgan fingerprint density at radius 1 is 0.941 bits per heavy atom. The van der Waals surface area contributed by atoms with Gasteiger partial charge in [0, 0.05) is 6.07 Å². The van der Waals surface area contributed by atoms with Crippen molar-refractivity contribution in [1.29, 1.82) is 0 Å². The topological polar surface area (TPSA) is 26.3 Å². The van der Waals surface area contributed by atoms with E-state index in [1.54, 1.807) is 0 Å². The molecule has 17 heavy (non-hydrogen) atoms. The molecule has 0 unspecified atom stereocenters. The maximum Gasteiger partial charge on any atom is 0.343 e. The Morgan fingerprint density at radius 3 is 2.29 bits per heavy atom. The lowest BCUT2D eigenvalue weighted by molar-refractivity contribution is 0.0734. The summed E-state index contributed by atoms with van der Waals surface area (Å²) in [6, 6.07) is 10.2. The lowest BCUT2D eigenvalue weighted by Crippen LogP contribution is -2.08. The third-order valence-corrected chi connectivity index (χ3v) is 2.09. The fourth-order valence-corrected chi connectivity index (χ4v) is 1.28. The molecule has 0 aliphatic carbocycles. The Bertz CT molecular complexity index is 535. The first-order chi connectivity index (χ1) is 8.15. The van der Waals surface area contributed by atoms with Crippen LogP contribution in [-0.2, 0) is 0 Å². The van der Waals surface area contributed by atoms with Crippen LogP contribution in [0.15, 0.2) is 48.5 Å². The van der Waals surface area contributed by atoms with Crippen LogP contribution in [0, 0.1) is 11.6 Å². The molecular formula is C13H8F2O2. The molecule has 2 aromatic rings. The minimum atomic E-state index is -0.657. The largest absolute Gasteiger partial charge is 0.423 e. The van der Waals surface area contributed by atoms with Crippen molar-refractivity contribution in [2.24, 2.45) is 0 Å². The zero-order valence-electron chi connectivity index (χ0n) is 8.69. The van der Waals surface area contributed by atoms with Crippen molar-refractivity contribution < 1.29 is 18.3 Å². The van der Waals surface area contributed by atoms with Crippen molar-refractivity contribution in [3.8, 4) is 5.75 Å². The van der Waals surface area contributed by atoms with Gasteiger partial charge < -0.3 is 4.74 Å². The zero-order valence-corrected chi connectivity index (χ0v) is 8.69. The fourth-order valence-electron chi connectivity index (χ4n) is 1.28. The molecule has 0 heterocycles. The standard InChI is InChI=1S/C13H8F2O2/c14-10-6-4-9(5-7-10)13(16)17-12-3-1-2-11(15)8-12/h1-8H. The first-order valence-corrected chi connectivity index (χ1v) is 4.88. The summed E-state index contributed by atoms with van der Waals surface area (Å²) in [5, 5.41) is 0. The minimum Gasteiger partial charge on any atom is -0.423 e. The second kappa shape index (κ2) is 4.74. The van der Waals surface area contributed by atoms with Gasteiger partial charge in [0.15, 0.2) is 0 Å². The van der Waals surface area contributed by atoms with Gasteiger partial charge in [-0.1, -0.05) is 6.07 Å². The fraction of sp³-hybridized carbons (Fsp3) is 0. The second-order valence-electron chi connectivity index (χ2n) is 3.35. The Kier molecular flexibility index (Phi) is 3.14. The van der Waals surface area contributed by atoms with Crippen molar-refractivity contribution in [3.05, 3.63) is 65.7 Å². The molecule has 0 atom stereocenters. The average molecular weight is 234 g/mol. The van der Waals surface area contributed by atoms with E-state index in [2.05, 4.69) is 0 Å². The van der Waals surface area contributed by atoms with E-state index >= 15 is 0 Å². The molecular weight excluding hydrogens is 226 g/mol. The van der Waals surface area contributed by atoms with Gasteiger partial charge in [0.2, 0.25) is 0 Å². The highest BCUT2D eigenvalue weighted by Gasteiger charge is 2.08. The Morgan fingerprint density at radius 2 is 1.65 bits per heavy atom. The van der Waals surface area contributed by atoms with Crippen LogP contribution in [0.4, 0.5) is 8.78 Å². The van der Waals surface area contributed by atoms with Gasteiger partial charge in [-0.2, -0.15) is 0 Å². The molecule has 0 saturated carbocycles. The molecule has 2 aromatic carbocycles. The van der Waals surface area contributed by atoms with Gasteiger partial charge in [0.05, 0.1) is 5.56 Å². The molecule has 0 aromatic heterocycles. The molecule has 0 radical (unpaired) electrons. The summed E-state index contributed by atoms with van der Waals surface area (Å²) in [6.07, 6.45) is 0. The van der Waals surface area contributed by atoms with E-state index in [1.165, 1.54) is 30.3 Å². The van der Waals surface area contributed by atoms with E-state index in [4.69, 9.17) is 4.74 Å². The Hall–Kier alpha value is -2.23. The van der Waals surface area contributed by atoms with Gasteiger partial charge in [-0.25, -0.2) is 13.6 Å². The highest BCUT2D eigenvalue weighted by atomic mass is 19.1. The van der Waals surface area contributed by atoms with Crippen molar-refractivity contribution in [3.63, 3.8) is 0 Å². The molecule has 0 fully saturated rings. The third kappa shape index (κ3) is 2.87. The lowest BCUT2D eigenvalue weighted by atomic mass is 10.2. The molecule has 0 amide bonds. The van der Waals surface area contributed by atoms with Crippen LogP contribution in [0.25, 0.3) is 0 Å². The predicted molar refractivity (Wildman–Crippen MR) is 57.8 cm³/mol. The monoisotopic (exact) mass is 234 g/mol. The summed E-state index contributed by atoms with van der Waals surface area (Å²) in [4.78, 5) is 11.6. The summed E-state index contributed by atoms with van der Waals surface area (Å²) < 4.78 is 30.4. The first-order valence-electron chi connectivity index (χ1n) is 4.88.